The number of aromatic hydroxyl groups is 1. The van der Waals surface area contributed by atoms with Gasteiger partial charge in [-0.05, 0) is 36.8 Å². The highest BCUT2D eigenvalue weighted by molar-refractivity contribution is 7.23. The molecule has 0 fully saturated rings. The summed E-state index contributed by atoms with van der Waals surface area (Å²) in [7, 11) is 0. The second kappa shape index (κ2) is 8.80. The van der Waals surface area contributed by atoms with Crippen LogP contribution < -0.4 is 10.2 Å². The van der Waals surface area contributed by atoms with E-state index in [2.05, 4.69) is 20.5 Å². The molecule has 0 aliphatic rings. The molecule has 0 atom stereocenters. The van der Waals surface area contributed by atoms with Gasteiger partial charge < -0.3 is 14.9 Å². The molecule has 2 aromatic heterocycles. The van der Waals surface area contributed by atoms with Gasteiger partial charge in [-0.2, -0.15) is 5.10 Å². The largest absolute Gasteiger partial charge is 0.504 e. The van der Waals surface area contributed by atoms with Gasteiger partial charge in [0.05, 0.1) is 23.3 Å². The number of carboxylic acids is 1. The minimum absolute atomic E-state index is 0.0610. The third-order valence-electron chi connectivity index (χ3n) is 4.42. The van der Waals surface area contributed by atoms with Crippen LogP contribution in [0.3, 0.4) is 0 Å². The normalized spacial score (nSPS) is 11.1. The molecule has 0 aliphatic heterocycles. The number of anilines is 1. The third kappa shape index (κ3) is 4.17. The van der Waals surface area contributed by atoms with Crippen molar-refractivity contribution in [3.05, 3.63) is 66.0 Å². The molecule has 8 nitrogen and oxygen atoms in total. The van der Waals surface area contributed by atoms with Crippen LogP contribution in [-0.2, 0) is 0 Å². The van der Waals surface area contributed by atoms with E-state index in [1.165, 1.54) is 29.8 Å². The van der Waals surface area contributed by atoms with Crippen molar-refractivity contribution in [1.82, 2.24) is 9.97 Å². The highest BCUT2D eigenvalue weighted by Crippen LogP contribution is 2.47. The Kier molecular flexibility index (Phi) is 5.76. The molecular formula is C22H18N4O4S. The standard InChI is InChI=1S/C22H18N4O4S/c1-2-30-16-6-4-3-5-15(16)19-18(27)17-20(31-19)21(24-12-23-17)26-25-11-13-7-9-14(10-8-13)22(28)29/h3-12,27H,2H2,1H3,(H,28,29)(H,23,24,26). The van der Waals surface area contributed by atoms with Crippen molar-refractivity contribution in [2.75, 3.05) is 12.0 Å². The van der Waals surface area contributed by atoms with E-state index in [1.807, 2.05) is 31.2 Å². The summed E-state index contributed by atoms with van der Waals surface area (Å²) in [5.41, 5.74) is 5.00. The second-order valence-electron chi connectivity index (χ2n) is 6.41. The van der Waals surface area contributed by atoms with Gasteiger partial charge in [-0.3, -0.25) is 5.43 Å². The van der Waals surface area contributed by atoms with E-state index in [4.69, 9.17) is 9.84 Å². The van der Waals surface area contributed by atoms with E-state index in [0.717, 1.165) is 11.1 Å². The van der Waals surface area contributed by atoms with E-state index >= 15 is 0 Å². The van der Waals surface area contributed by atoms with Gasteiger partial charge in [-0.15, -0.1) is 11.3 Å². The van der Waals surface area contributed by atoms with Crippen LogP contribution in [0.15, 0.2) is 60.0 Å². The number of ether oxygens (including phenoxy) is 1. The van der Waals surface area contributed by atoms with Crippen LogP contribution in [0.25, 0.3) is 20.7 Å². The van der Waals surface area contributed by atoms with Crippen LogP contribution in [0.2, 0.25) is 0 Å². The number of aromatic carboxylic acids is 1. The molecular weight excluding hydrogens is 416 g/mol. The lowest BCUT2D eigenvalue weighted by Gasteiger charge is -2.08. The Balaban J connectivity index is 1.64. The molecule has 2 heterocycles. The summed E-state index contributed by atoms with van der Waals surface area (Å²) in [6.45, 7) is 2.42. The summed E-state index contributed by atoms with van der Waals surface area (Å²) < 4.78 is 6.35. The van der Waals surface area contributed by atoms with Crippen LogP contribution >= 0.6 is 11.3 Å². The SMILES string of the molecule is CCOc1ccccc1-c1sc2c(NN=Cc3ccc(C(=O)O)cc3)ncnc2c1O. The Hall–Kier alpha value is -3.98. The molecule has 0 unspecified atom stereocenters. The van der Waals surface area contributed by atoms with Gasteiger partial charge in [0.25, 0.3) is 0 Å². The van der Waals surface area contributed by atoms with E-state index < -0.39 is 5.97 Å². The third-order valence-corrected chi connectivity index (χ3v) is 5.63. The van der Waals surface area contributed by atoms with Gasteiger partial charge in [-0.1, -0.05) is 24.3 Å². The average Bonchev–Trinajstić information content (AvgIpc) is 3.12. The number of fused-ring (bicyclic) bond motifs is 1. The summed E-state index contributed by atoms with van der Waals surface area (Å²) in [4.78, 5) is 20.0. The van der Waals surface area contributed by atoms with E-state index in [1.54, 1.807) is 18.3 Å². The Morgan fingerprint density at radius 1 is 1.19 bits per heavy atom. The molecule has 0 saturated heterocycles. The predicted molar refractivity (Wildman–Crippen MR) is 120 cm³/mol. The van der Waals surface area contributed by atoms with Crippen molar-refractivity contribution in [1.29, 1.82) is 0 Å². The summed E-state index contributed by atoms with van der Waals surface area (Å²) >= 11 is 1.34. The van der Waals surface area contributed by atoms with Gasteiger partial charge in [-0.25, -0.2) is 14.8 Å². The number of aromatic nitrogens is 2. The molecule has 2 aromatic carbocycles. The molecule has 0 amide bonds. The number of carboxylic acid groups (broad SMARTS) is 1. The van der Waals surface area contributed by atoms with E-state index in [0.29, 0.717) is 33.3 Å². The molecule has 4 aromatic rings. The van der Waals surface area contributed by atoms with Crippen LogP contribution in [0, 0.1) is 0 Å². The fourth-order valence-electron chi connectivity index (χ4n) is 2.97. The molecule has 31 heavy (non-hydrogen) atoms. The minimum atomic E-state index is -0.982. The monoisotopic (exact) mass is 434 g/mol. The van der Waals surface area contributed by atoms with Gasteiger partial charge >= 0.3 is 5.97 Å². The first-order valence-corrected chi connectivity index (χ1v) is 10.2. The second-order valence-corrected chi connectivity index (χ2v) is 7.43. The number of hydrogen-bond donors (Lipinski definition) is 3. The first-order chi connectivity index (χ1) is 15.1. The zero-order chi connectivity index (χ0) is 21.8. The Labute approximate surface area is 181 Å². The van der Waals surface area contributed by atoms with Gasteiger partial charge in [0.15, 0.2) is 11.6 Å². The molecule has 0 spiro atoms. The molecule has 3 N–H and O–H groups in total. The molecule has 9 heteroatoms. The maximum absolute atomic E-state index is 10.9. The maximum Gasteiger partial charge on any atom is 0.335 e. The van der Waals surface area contributed by atoms with E-state index in [9.17, 15) is 9.90 Å². The number of hydrazone groups is 1. The smallest absolute Gasteiger partial charge is 0.335 e. The van der Waals surface area contributed by atoms with E-state index in [-0.39, 0.29) is 11.3 Å². The van der Waals surface area contributed by atoms with Crippen molar-refractivity contribution >= 4 is 39.6 Å². The lowest BCUT2D eigenvalue weighted by Crippen LogP contribution is -1.97. The Morgan fingerprint density at radius 3 is 2.71 bits per heavy atom. The summed E-state index contributed by atoms with van der Waals surface area (Å²) in [5.74, 6) is 0.205. The number of nitrogens with one attached hydrogen (secondary N) is 1. The van der Waals surface area contributed by atoms with Gasteiger partial charge in [0.2, 0.25) is 0 Å². The Morgan fingerprint density at radius 2 is 1.97 bits per heavy atom. The quantitative estimate of drug-likeness (QED) is 0.287. The van der Waals surface area contributed by atoms with Crippen LogP contribution in [0.4, 0.5) is 5.82 Å². The summed E-state index contributed by atoms with van der Waals surface area (Å²) in [6, 6.07) is 13.8. The van der Waals surface area contributed by atoms with Gasteiger partial charge in [0.1, 0.15) is 22.3 Å². The highest BCUT2D eigenvalue weighted by Gasteiger charge is 2.19. The van der Waals surface area contributed by atoms with Crippen LogP contribution in [0.1, 0.15) is 22.8 Å². The zero-order valence-electron chi connectivity index (χ0n) is 16.4. The first-order valence-electron chi connectivity index (χ1n) is 9.39. The van der Waals surface area contributed by atoms with Crippen LogP contribution in [-0.4, -0.2) is 39.0 Å². The summed E-state index contributed by atoms with van der Waals surface area (Å²) in [6.07, 6.45) is 2.91. The lowest BCUT2D eigenvalue weighted by molar-refractivity contribution is 0.0697. The van der Waals surface area contributed by atoms with Crippen molar-refractivity contribution in [2.45, 2.75) is 6.92 Å². The molecule has 156 valence electrons. The topological polar surface area (TPSA) is 117 Å². The lowest BCUT2D eigenvalue weighted by atomic mass is 10.1. The molecule has 0 aliphatic carbocycles. The molecule has 0 saturated carbocycles. The van der Waals surface area contributed by atoms with Crippen molar-refractivity contribution in [3.63, 3.8) is 0 Å². The fraction of sp³-hybridized carbons (Fsp3) is 0.0909. The number of thiophene rings is 1. The fourth-order valence-corrected chi connectivity index (χ4v) is 4.09. The van der Waals surface area contributed by atoms with Crippen LogP contribution in [0.5, 0.6) is 11.5 Å². The number of para-hydroxylation sites is 1. The molecule has 4 rings (SSSR count). The number of carbonyl (C=O) groups is 1. The number of nitrogens with zero attached hydrogens (tertiary/aromatic N) is 3. The number of benzene rings is 2. The summed E-state index contributed by atoms with van der Waals surface area (Å²) in [5, 5.41) is 23.9. The molecule has 0 radical (unpaired) electrons. The highest BCUT2D eigenvalue weighted by atomic mass is 32.1. The maximum atomic E-state index is 10.9. The Bertz CT molecular complexity index is 1270. The average molecular weight is 434 g/mol. The molecule has 0 bridgehead atoms. The zero-order valence-corrected chi connectivity index (χ0v) is 17.3. The predicted octanol–water partition coefficient (Wildman–Crippen LogP) is 4.61. The number of hydrogen-bond acceptors (Lipinski definition) is 8. The number of rotatable bonds is 7. The van der Waals surface area contributed by atoms with Gasteiger partial charge in [0, 0.05) is 5.56 Å². The first kappa shape index (κ1) is 20.3. The van der Waals surface area contributed by atoms with Crippen molar-refractivity contribution in [2.24, 2.45) is 5.10 Å². The minimum Gasteiger partial charge on any atom is -0.504 e. The van der Waals surface area contributed by atoms with Crippen molar-refractivity contribution < 1.29 is 19.7 Å². The van der Waals surface area contributed by atoms with Crippen molar-refractivity contribution in [3.8, 4) is 21.9 Å².